The molecule has 3 radical (unpaired) electrons. The predicted octanol–water partition coefficient (Wildman–Crippen LogP) is 7.76. The molecule has 1 aliphatic rings. The maximum Gasteiger partial charge on any atom is 3.00 e. The average molecular weight is 806 g/mol. The Morgan fingerprint density at radius 2 is 1.22 bits per heavy atom. The minimum atomic E-state index is 0. The van der Waals surface area contributed by atoms with Crippen LogP contribution < -0.4 is 24.8 Å². The summed E-state index contributed by atoms with van der Waals surface area (Å²) in [6, 6.07) is 41.4. The summed E-state index contributed by atoms with van der Waals surface area (Å²) in [4.78, 5) is 0. The number of allylic oxidation sites excluding steroid dienone is 1. The number of halogens is 2. The molecule has 0 saturated heterocycles. The topological polar surface area (TPSA) is 0 Å². The smallest absolute Gasteiger partial charge is 1.00 e. The zero-order valence-electron chi connectivity index (χ0n) is 31.7. The molecule has 7 rings (SSSR count). The van der Waals surface area contributed by atoms with Gasteiger partial charge in [-0.05, 0) is 50.6 Å². The Morgan fingerprint density at radius 1 is 0.627 bits per heavy atom. The Hall–Kier alpha value is -2.61. The first-order valence-electron chi connectivity index (χ1n) is 17.7. The second-order valence-corrected chi connectivity index (χ2v) is 16.6. The summed E-state index contributed by atoms with van der Waals surface area (Å²) in [6.07, 6.45) is 4.76. The largest absolute Gasteiger partial charge is 3.00 e. The van der Waals surface area contributed by atoms with E-state index in [4.69, 9.17) is 0 Å². The molecular formula is C47H51Cl2SiZr. The van der Waals surface area contributed by atoms with Crippen LogP contribution in [0.5, 0.6) is 0 Å². The fourth-order valence-corrected chi connectivity index (χ4v) is 7.33. The Labute approximate surface area is 341 Å². The van der Waals surface area contributed by atoms with Crippen molar-refractivity contribution in [1.82, 2.24) is 0 Å². The standard InChI is InChI=1S/C45H45.C2H6Si.2ClH.Zr/c1-8-13-33-25-39-36(31-20-18-30(19-21-31)29-14-10-9-11-15-29)16-12-17-37(39)43(33)42-28-35(45(5,6)7)27-41-38-26-34(44(2,3)4)23-22-32(38)24-40(41)42;1-3-2;;;/h9-12,14-28,43H,8,13H2,1-7H3;1-2H3;2*1H;/q-1;;;;+3/p-2. The van der Waals surface area contributed by atoms with Gasteiger partial charge in [0, 0.05) is 15.4 Å². The molecule has 4 heteroatoms. The maximum absolute atomic E-state index is 2.54. The monoisotopic (exact) mass is 803 g/mol. The maximum atomic E-state index is 2.54. The number of fused-ring (bicyclic) bond motifs is 4. The second kappa shape index (κ2) is 17.5. The zero-order valence-corrected chi connectivity index (χ0v) is 36.7. The van der Waals surface area contributed by atoms with E-state index in [1.54, 1.807) is 0 Å². The van der Waals surface area contributed by atoms with Crippen molar-refractivity contribution in [3.05, 3.63) is 143 Å². The van der Waals surface area contributed by atoms with Gasteiger partial charge in [0.05, 0.1) is 0 Å². The number of hydrogen-bond donors (Lipinski definition) is 0. The fourth-order valence-electron chi connectivity index (χ4n) is 7.33. The number of hydrogen-bond acceptors (Lipinski definition) is 0. The molecule has 0 saturated carbocycles. The van der Waals surface area contributed by atoms with Crippen LogP contribution in [0.3, 0.4) is 0 Å². The fraction of sp³-hybridized carbons (Fsp3) is 0.298. The van der Waals surface area contributed by atoms with E-state index in [1.807, 2.05) is 0 Å². The normalized spacial score (nSPS) is 13.7. The third-order valence-corrected chi connectivity index (χ3v) is 9.89. The van der Waals surface area contributed by atoms with Gasteiger partial charge in [-0.25, -0.2) is 0 Å². The van der Waals surface area contributed by atoms with Crippen LogP contribution in [0.1, 0.15) is 95.0 Å². The summed E-state index contributed by atoms with van der Waals surface area (Å²) in [6.45, 7) is 20.6. The molecule has 0 N–H and O–H groups in total. The van der Waals surface area contributed by atoms with Gasteiger partial charge in [0.15, 0.2) is 0 Å². The summed E-state index contributed by atoms with van der Waals surface area (Å²) in [7, 11) is 1.08. The van der Waals surface area contributed by atoms with E-state index in [2.05, 4.69) is 177 Å². The van der Waals surface area contributed by atoms with Gasteiger partial charge in [-0.2, -0.15) is 0 Å². The van der Waals surface area contributed by atoms with Crippen LogP contribution in [0.4, 0.5) is 0 Å². The van der Waals surface area contributed by atoms with Crippen molar-refractivity contribution >= 4 is 37.1 Å². The molecule has 261 valence electrons. The van der Waals surface area contributed by atoms with Crippen LogP contribution in [-0.4, -0.2) is 9.52 Å². The minimum Gasteiger partial charge on any atom is -1.00 e. The third kappa shape index (κ3) is 8.79. The van der Waals surface area contributed by atoms with Crippen LogP contribution >= 0.6 is 0 Å². The Balaban J connectivity index is 0.00000113. The number of benzene rings is 5. The molecule has 1 aliphatic carbocycles. The summed E-state index contributed by atoms with van der Waals surface area (Å²) < 4.78 is 0. The Bertz CT molecular complexity index is 2090. The number of rotatable bonds is 5. The van der Waals surface area contributed by atoms with E-state index in [0.717, 1.165) is 22.4 Å². The van der Waals surface area contributed by atoms with Gasteiger partial charge < -0.3 is 24.8 Å². The summed E-state index contributed by atoms with van der Waals surface area (Å²) >= 11 is 0. The van der Waals surface area contributed by atoms with Gasteiger partial charge in [0.25, 0.3) is 0 Å². The van der Waals surface area contributed by atoms with Gasteiger partial charge >= 0.3 is 26.2 Å². The summed E-state index contributed by atoms with van der Waals surface area (Å²) in [5.74, 6) is 0.257. The van der Waals surface area contributed by atoms with Gasteiger partial charge in [0.1, 0.15) is 0 Å². The summed E-state index contributed by atoms with van der Waals surface area (Å²) in [5.41, 5.74) is 13.9. The molecule has 6 aromatic carbocycles. The Kier molecular flexibility index (Phi) is 14.7. The van der Waals surface area contributed by atoms with Crippen LogP contribution in [0.2, 0.25) is 13.1 Å². The third-order valence-electron chi connectivity index (χ3n) is 9.89. The van der Waals surface area contributed by atoms with E-state index in [0.29, 0.717) is 0 Å². The van der Waals surface area contributed by atoms with Crippen molar-refractivity contribution in [2.45, 2.75) is 91.1 Å². The van der Waals surface area contributed by atoms with Crippen LogP contribution in [0.15, 0.2) is 115 Å². The van der Waals surface area contributed by atoms with Crippen LogP contribution in [0.25, 0.3) is 49.9 Å². The molecule has 1 atom stereocenters. The van der Waals surface area contributed by atoms with Gasteiger partial charge in [-0.15, -0.1) is 33.7 Å². The van der Waals surface area contributed by atoms with E-state index in [-0.39, 0.29) is 67.8 Å². The molecular weight excluding hydrogens is 755 g/mol. The molecule has 0 amide bonds. The molecule has 0 spiro atoms. The zero-order chi connectivity index (χ0) is 34.2. The molecule has 0 heterocycles. The van der Waals surface area contributed by atoms with Gasteiger partial charge in [-0.1, -0.05) is 193 Å². The first-order chi connectivity index (χ1) is 22.9. The molecule has 0 aromatic heterocycles. The molecule has 6 aromatic rings. The minimum absolute atomic E-state index is 0. The molecule has 0 fully saturated rings. The van der Waals surface area contributed by atoms with Crippen molar-refractivity contribution in [1.29, 1.82) is 0 Å². The van der Waals surface area contributed by atoms with Crippen molar-refractivity contribution in [2.75, 3.05) is 0 Å². The van der Waals surface area contributed by atoms with Crippen molar-refractivity contribution in [3.63, 3.8) is 0 Å². The Morgan fingerprint density at radius 3 is 1.82 bits per heavy atom. The molecule has 0 nitrogen and oxygen atoms in total. The predicted molar refractivity (Wildman–Crippen MR) is 214 cm³/mol. The van der Waals surface area contributed by atoms with Crippen molar-refractivity contribution in [2.24, 2.45) is 0 Å². The SMILES string of the molecule is CCCC1=Cc2c(-c3ccc(-c4ccccc4)cc3)cccc2C1c1cc(C(C)(C)C)cc2c1[cH-]c1ccc(C(C)(C)C)cc12.C[Si]C.[Cl-].[Cl-].[Zr+3]. The van der Waals surface area contributed by atoms with Crippen molar-refractivity contribution < 1.29 is 51.0 Å². The molecule has 1 unspecified atom stereocenters. The molecule has 0 aliphatic heterocycles. The average Bonchev–Trinajstić information content (AvgIpc) is 3.62. The first kappa shape index (κ1) is 42.8. The molecule has 0 bridgehead atoms. The summed E-state index contributed by atoms with van der Waals surface area (Å²) in [5, 5.41) is 5.53. The van der Waals surface area contributed by atoms with E-state index in [1.165, 1.54) is 77.2 Å². The second-order valence-electron chi connectivity index (χ2n) is 15.6. The van der Waals surface area contributed by atoms with E-state index in [9.17, 15) is 0 Å². The van der Waals surface area contributed by atoms with Gasteiger partial charge in [0.2, 0.25) is 0 Å². The molecule has 51 heavy (non-hydrogen) atoms. The quantitative estimate of drug-likeness (QED) is 0.124. The van der Waals surface area contributed by atoms with Crippen LogP contribution in [-0.2, 0) is 37.0 Å². The first-order valence-corrected chi connectivity index (χ1v) is 19.7. The van der Waals surface area contributed by atoms with E-state index >= 15 is 0 Å². The van der Waals surface area contributed by atoms with E-state index < -0.39 is 0 Å². The van der Waals surface area contributed by atoms with Crippen LogP contribution in [0, 0.1) is 0 Å². The van der Waals surface area contributed by atoms with Gasteiger partial charge in [-0.3, -0.25) is 0 Å². The van der Waals surface area contributed by atoms with Crippen molar-refractivity contribution in [3.8, 4) is 22.3 Å².